The fourth-order valence-electron chi connectivity index (χ4n) is 2.80. The molecule has 1 fully saturated rings. The lowest BCUT2D eigenvalue weighted by Crippen LogP contribution is -2.52. The van der Waals surface area contributed by atoms with E-state index >= 15 is 0 Å². The Hall–Kier alpha value is -0.970. The van der Waals surface area contributed by atoms with Gasteiger partial charge in [-0.2, -0.15) is 0 Å². The van der Waals surface area contributed by atoms with Gasteiger partial charge >= 0.3 is 0 Å². The molecule has 0 aliphatic heterocycles. The van der Waals surface area contributed by atoms with Crippen LogP contribution in [0.1, 0.15) is 31.2 Å². The number of hydrogen-bond donors (Lipinski definition) is 1. The summed E-state index contributed by atoms with van der Waals surface area (Å²) in [5.41, 5.74) is 6.40. The molecule has 2 N–H and O–H groups in total. The Morgan fingerprint density at radius 3 is 2.62 bits per heavy atom. The van der Waals surface area contributed by atoms with Crippen molar-refractivity contribution in [1.82, 2.24) is 4.90 Å². The van der Waals surface area contributed by atoms with Gasteiger partial charge in [-0.1, -0.05) is 24.4 Å². The number of nitrogens with two attached hydrogens (primary N) is 1. The number of carbonyl (C=O) groups excluding carboxylic acids is 1. The van der Waals surface area contributed by atoms with Gasteiger partial charge in [0.2, 0.25) is 5.91 Å². The molecule has 0 radical (unpaired) electrons. The minimum atomic E-state index is -0.694. The largest absolute Gasteiger partial charge is 0.496 e. The van der Waals surface area contributed by atoms with Gasteiger partial charge in [0.05, 0.1) is 12.6 Å². The third-order valence-corrected chi connectivity index (χ3v) is 4.15. The van der Waals surface area contributed by atoms with Gasteiger partial charge in [-0.15, -0.1) is 12.4 Å². The van der Waals surface area contributed by atoms with E-state index in [0.29, 0.717) is 11.6 Å². The minimum absolute atomic E-state index is 0. The number of carbonyl (C=O) groups is 1. The van der Waals surface area contributed by atoms with Gasteiger partial charge in [0.1, 0.15) is 5.75 Å². The van der Waals surface area contributed by atoms with Crippen molar-refractivity contribution in [3.63, 3.8) is 0 Å². The van der Waals surface area contributed by atoms with Crippen LogP contribution in [-0.2, 0) is 11.3 Å². The summed E-state index contributed by atoms with van der Waals surface area (Å²) in [5.74, 6) is 0.726. The highest BCUT2D eigenvalue weighted by Crippen LogP contribution is 2.30. The third-order valence-electron chi connectivity index (χ3n) is 3.92. The Labute approximate surface area is 137 Å². The molecule has 0 spiro atoms. The van der Waals surface area contributed by atoms with E-state index in [0.717, 1.165) is 37.0 Å². The van der Waals surface area contributed by atoms with Crippen molar-refractivity contribution in [3.05, 3.63) is 28.8 Å². The summed E-state index contributed by atoms with van der Waals surface area (Å²) in [5, 5.41) is 0.630. The van der Waals surface area contributed by atoms with E-state index in [1.165, 1.54) is 0 Å². The number of likely N-dealkylation sites (N-methyl/N-ethyl adjacent to an activating group) is 1. The van der Waals surface area contributed by atoms with E-state index in [4.69, 9.17) is 22.1 Å². The average molecular weight is 333 g/mol. The van der Waals surface area contributed by atoms with Crippen LogP contribution < -0.4 is 10.5 Å². The summed E-state index contributed by atoms with van der Waals surface area (Å²) in [4.78, 5) is 14.1. The molecule has 4 nitrogen and oxygen atoms in total. The SMILES string of the molecule is COc1ccc(Cl)cc1CN(C)C(=O)C1(N)CCCC1.Cl. The molecular weight excluding hydrogens is 311 g/mol. The van der Waals surface area contributed by atoms with Crippen LogP contribution in [0.3, 0.4) is 0 Å². The molecular formula is C15H22Cl2N2O2. The molecule has 2 rings (SSSR count). The summed E-state index contributed by atoms with van der Waals surface area (Å²) in [6.45, 7) is 0.446. The number of nitrogens with zero attached hydrogens (tertiary/aromatic N) is 1. The number of ether oxygens (including phenoxy) is 1. The zero-order chi connectivity index (χ0) is 14.8. The highest BCUT2D eigenvalue weighted by atomic mass is 35.5. The molecule has 1 aliphatic rings. The fraction of sp³-hybridized carbons (Fsp3) is 0.533. The summed E-state index contributed by atoms with van der Waals surface area (Å²) < 4.78 is 5.30. The number of halogens is 2. The fourth-order valence-corrected chi connectivity index (χ4v) is 2.99. The van der Waals surface area contributed by atoms with E-state index in [2.05, 4.69) is 0 Å². The van der Waals surface area contributed by atoms with E-state index in [9.17, 15) is 4.79 Å². The van der Waals surface area contributed by atoms with Crippen molar-refractivity contribution in [2.75, 3.05) is 14.2 Å². The van der Waals surface area contributed by atoms with Crippen LogP contribution >= 0.6 is 24.0 Å². The zero-order valence-corrected chi connectivity index (χ0v) is 14.0. The Balaban J connectivity index is 0.00000220. The molecule has 0 bridgehead atoms. The van der Waals surface area contributed by atoms with Crippen molar-refractivity contribution in [2.24, 2.45) is 5.73 Å². The van der Waals surface area contributed by atoms with E-state index < -0.39 is 5.54 Å². The van der Waals surface area contributed by atoms with Crippen LogP contribution in [0.15, 0.2) is 18.2 Å². The van der Waals surface area contributed by atoms with Crippen LogP contribution in [0.2, 0.25) is 5.02 Å². The first-order chi connectivity index (χ1) is 9.46. The zero-order valence-electron chi connectivity index (χ0n) is 12.4. The molecule has 118 valence electrons. The molecule has 1 amide bonds. The molecule has 0 atom stereocenters. The van der Waals surface area contributed by atoms with Gasteiger partial charge in [-0.05, 0) is 31.0 Å². The third kappa shape index (κ3) is 4.02. The van der Waals surface area contributed by atoms with Crippen molar-refractivity contribution in [2.45, 2.75) is 37.8 Å². The smallest absolute Gasteiger partial charge is 0.242 e. The molecule has 0 heterocycles. The number of methoxy groups -OCH3 is 1. The first-order valence-corrected chi connectivity index (χ1v) is 7.21. The number of hydrogen-bond acceptors (Lipinski definition) is 3. The lowest BCUT2D eigenvalue weighted by Gasteiger charge is -2.29. The van der Waals surface area contributed by atoms with E-state index in [-0.39, 0.29) is 18.3 Å². The second-order valence-electron chi connectivity index (χ2n) is 5.48. The van der Waals surface area contributed by atoms with Gasteiger partial charge in [-0.25, -0.2) is 0 Å². The predicted molar refractivity (Wildman–Crippen MR) is 87.1 cm³/mol. The molecule has 1 aliphatic carbocycles. The predicted octanol–water partition coefficient (Wildman–Crippen LogP) is 3.00. The molecule has 21 heavy (non-hydrogen) atoms. The molecule has 0 aromatic heterocycles. The Morgan fingerprint density at radius 1 is 1.43 bits per heavy atom. The van der Waals surface area contributed by atoms with Crippen LogP contribution in [0.25, 0.3) is 0 Å². The Kier molecular flexibility index (Phi) is 6.32. The van der Waals surface area contributed by atoms with Gasteiger partial charge in [0.15, 0.2) is 0 Å². The highest BCUT2D eigenvalue weighted by Gasteiger charge is 2.38. The Morgan fingerprint density at radius 2 is 2.05 bits per heavy atom. The van der Waals surface area contributed by atoms with Crippen LogP contribution in [-0.4, -0.2) is 30.5 Å². The quantitative estimate of drug-likeness (QED) is 0.922. The molecule has 0 saturated heterocycles. The molecule has 1 aromatic carbocycles. The summed E-state index contributed by atoms with van der Waals surface area (Å²) >= 11 is 6.01. The highest BCUT2D eigenvalue weighted by molar-refractivity contribution is 6.30. The maximum absolute atomic E-state index is 12.5. The molecule has 1 saturated carbocycles. The van der Waals surface area contributed by atoms with Crippen molar-refractivity contribution in [1.29, 1.82) is 0 Å². The number of rotatable bonds is 4. The first kappa shape index (κ1) is 18.1. The number of benzene rings is 1. The summed E-state index contributed by atoms with van der Waals surface area (Å²) in [6.07, 6.45) is 3.58. The second kappa shape index (κ2) is 7.34. The molecule has 6 heteroatoms. The normalized spacial score (nSPS) is 16.2. The molecule has 0 unspecified atom stereocenters. The Bertz CT molecular complexity index is 502. The maximum atomic E-state index is 12.5. The van der Waals surface area contributed by atoms with E-state index in [1.54, 1.807) is 25.1 Å². The van der Waals surface area contributed by atoms with Gasteiger partial charge in [-0.3, -0.25) is 4.79 Å². The van der Waals surface area contributed by atoms with Crippen LogP contribution in [0.4, 0.5) is 0 Å². The standard InChI is InChI=1S/C15H21ClN2O2.ClH/c1-18(14(19)15(17)7-3-4-8-15)10-11-9-12(16)5-6-13(11)20-2;/h5-6,9H,3-4,7-8,10,17H2,1-2H3;1H. The van der Waals surface area contributed by atoms with Gasteiger partial charge < -0.3 is 15.4 Å². The summed E-state index contributed by atoms with van der Waals surface area (Å²) in [6, 6.07) is 5.40. The van der Waals surface area contributed by atoms with Crippen molar-refractivity contribution < 1.29 is 9.53 Å². The first-order valence-electron chi connectivity index (χ1n) is 6.83. The van der Waals surface area contributed by atoms with Gasteiger partial charge in [0, 0.05) is 24.2 Å². The second-order valence-corrected chi connectivity index (χ2v) is 5.92. The molecule has 1 aromatic rings. The topological polar surface area (TPSA) is 55.6 Å². The minimum Gasteiger partial charge on any atom is -0.496 e. The average Bonchev–Trinajstić information content (AvgIpc) is 2.86. The van der Waals surface area contributed by atoms with E-state index in [1.807, 2.05) is 12.1 Å². The van der Waals surface area contributed by atoms with Crippen LogP contribution in [0, 0.1) is 0 Å². The lowest BCUT2D eigenvalue weighted by molar-refractivity contribution is -0.136. The lowest BCUT2D eigenvalue weighted by atomic mass is 9.97. The monoisotopic (exact) mass is 332 g/mol. The maximum Gasteiger partial charge on any atom is 0.242 e. The summed E-state index contributed by atoms with van der Waals surface area (Å²) in [7, 11) is 3.38. The van der Waals surface area contributed by atoms with Crippen LogP contribution in [0.5, 0.6) is 5.75 Å². The number of amides is 1. The van der Waals surface area contributed by atoms with Crippen molar-refractivity contribution in [3.8, 4) is 5.75 Å². The van der Waals surface area contributed by atoms with Gasteiger partial charge in [0.25, 0.3) is 0 Å². The van der Waals surface area contributed by atoms with Crippen molar-refractivity contribution >= 4 is 29.9 Å².